The molecule has 0 bridgehead atoms. The SMILES string of the molecule is COCCC(C)(C)CNC(=O)C(C#N)Cc1ccccc1. The van der Waals surface area contributed by atoms with Crippen molar-refractivity contribution in [3.63, 3.8) is 0 Å². The van der Waals surface area contributed by atoms with Crippen LogP contribution in [0, 0.1) is 22.7 Å². The Bertz CT molecular complexity index is 477. The van der Waals surface area contributed by atoms with E-state index in [4.69, 9.17) is 4.74 Å². The van der Waals surface area contributed by atoms with Gasteiger partial charge < -0.3 is 10.1 Å². The maximum atomic E-state index is 12.1. The van der Waals surface area contributed by atoms with Crippen molar-refractivity contribution >= 4 is 5.91 Å². The molecule has 0 spiro atoms. The highest BCUT2D eigenvalue weighted by Gasteiger charge is 2.22. The largest absolute Gasteiger partial charge is 0.385 e. The smallest absolute Gasteiger partial charge is 0.237 e. The number of amides is 1. The highest BCUT2D eigenvalue weighted by atomic mass is 16.5. The number of benzene rings is 1. The predicted octanol–water partition coefficient (Wildman–Crippen LogP) is 2.55. The van der Waals surface area contributed by atoms with Gasteiger partial charge in [-0.2, -0.15) is 5.26 Å². The van der Waals surface area contributed by atoms with Crippen molar-refractivity contribution in [1.82, 2.24) is 5.32 Å². The van der Waals surface area contributed by atoms with E-state index >= 15 is 0 Å². The molecule has 1 N–H and O–H groups in total. The number of rotatable bonds is 8. The molecule has 114 valence electrons. The number of nitriles is 1. The number of nitrogens with zero attached hydrogens (tertiary/aromatic N) is 1. The van der Waals surface area contributed by atoms with Crippen molar-refractivity contribution in [1.29, 1.82) is 5.26 Å². The van der Waals surface area contributed by atoms with Crippen molar-refractivity contribution in [3.05, 3.63) is 35.9 Å². The molecule has 0 aliphatic heterocycles. The van der Waals surface area contributed by atoms with Crippen LogP contribution in [0.5, 0.6) is 0 Å². The number of methoxy groups -OCH3 is 1. The van der Waals surface area contributed by atoms with Crippen LogP contribution in [0.3, 0.4) is 0 Å². The van der Waals surface area contributed by atoms with Crippen molar-refractivity contribution < 1.29 is 9.53 Å². The molecule has 21 heavy (non-hydrogen) atoms. The van der Waals surface area contributed by atoms with Gasteiger partial charge in [-0.1, -0.05) is 44.2 Å². The van der Waals surface area contributed by atoms with Crippen LogP contribution in [0.2, 0.25) is 0 Å². The molecule has 1 aromatic rings. The Hall–Kier alpha value is -1.86. The quantitative estimate of drug-likeness (QED) is 0.799. The normalized spacial score (nSPS) is 12.5. The van der Waals surface area contributed by atoms with Crippen molar-refractivity contribution in [3.8, 4) is 6.07 Å². The fourth-order valence-corrected chi connectivity index (χ4v) is 1.96. The van der Waals surface area contributed by atoms with Gasteiger partial charge in [0.25, 0.3) is 0 Å². The summed E-state index contributed by atoms with van der Waals surface area (Å²) in [4.78, 5) is 12.1. The summed E-state index contributed by atoms with van der Waals surface area (Å²) >= 11 is 0. The van der Waals surface area contributed by atoms with E-state index in [0.717, 1.165) is 12.0 Å². The second-order valence-corrected chi connectivity index (χ2v) is 6.00. The van der Waals surface area contributed by atoms with E-state index in [9.17, 15) is 10.1 Å². The Labute approximate surface area is 127 Å². The van der Waals surface area contributed by atoms with Crippen LogP contribution in [0.1, 0.15) is 25.8 Å². The van der Waals surface area contributed by atoms with Gasteiger partial charge in [0.05, 0.1) is 6.07 Å². The summed E-state index contributed by atoms with van der Waals surface area (Å²) in [5, 5.41) is 12.1. The Balaban J connectivity index is 2.51. The fraction of sp³-hybridized carbons (Fsp3) is 0.529. The van der Waals surface area contributed by atoms with Crippen LogP contribution in [0.4, 0.5) is 0 Å². The average Bonchev–Trinajstić information content (AvgIpc) is 2.49. The van der Waals surface area contributed by atoms with E-state index in [1.807, 2.05) is 30.3 Å². The van der Waals surface area contributed by atoms with Gasteiger partial charge >= 0.3 is 0 Å². The lowest BCUT2D eigenvalue weighted by atomic mass is 9.89. The lowest BCUT2D eigenvalue weighted by Crippen LogP contribution is -2.38. The number of carbonyl (C=O) groups is 1. The topological polar surface area (TPSA) is 62.1 Å². The summed E-state index contributed by atoms with van der Waals surface area (Å²) in [6.45, 7) is 5.35. The number of carbonyl (C=O) groups excluding carboxylic acids is 1. The molecular formula is C17H24N2O2. The van der Waals surface area contributed by atoms with Crippen molar-refractivity contribution in [2.24, 2.45) is 11.3 Å². The van der Waals surface area contributed by atoms with E-state index in [1.54, 1.807) is 7.11 Å². The highest BCUT2D eigenvalue weighted by molar-refractivity contribution is 5.81. The zero-order valence-electron chi connectivity index (χ0n) is 13.1. The van der Waals surface area contributed by atoms with Crippen LogP contribution in [-0.4, -0.2) is 26.2 Å². The molecule has 0 fully saturated rings. The third-order valence-electron chi connectivity index (χ3n) is 3.48. The Morgan fingerprint density at radius 2 is 2.05 bits per heavy atom. The Morgan fingerprint density at radius 1 is 1.38 bits per heavy atom. The summed E-state index contributed by atoms with van der Waals surface area (Å²) in [6, 6.07) is 11.7. The lowest BCUT2D eigenvalue weighted by Gasteiger charge is -2.25. The van der Waals surface area contributed by atoms with E-state index in [1.165, 1.54) is 0 Å². The molecule has 1 amide bonds. The van der Waals surface area contributed by atoms with Crippen LogP contribution in [0.25, 0.3) is 0 Å². The molecule has 1 aromatic carbocycles. The Kier molecular flexibility index (Phi) is 6.90. The minimum Gasteiger partial charge on any atom is -0.385 e. The van der Waals surface area contributed by atoms with Gasteiger partial charge in [-0.3, -0.25) is 4.79 Å². The lowest BCUT2D eigenvalue weighted by molar-refractivity contribution is -0.123. The van der Waals surface area contributed by atoms with Gasteiger partial charge in [0.1, 0.15) is 5.92 Å². The van der Waals surface area contributed by atoms with E-state index in [2.05, 4.69) is 25.2 Å². The van der Waals surface area contributed by atoms with Crippen LogP contribution in [-0.2, 0) is 16.0 Å². The van der Waals surface area contributed by atoms with Gasteiger partial charge in [0.2, 0.25) is 5.91 Å². The van der Waals surface area contributed by atoms with E-state index in [-0.39, 0.29) is 11.3 Å². The summed E-state index contributed by atoms with van der Waals surface area (Å²) < 4.78 is 5.07. The molecule has 4 heteroatoms. The zero-order chi connectivity index (χ0) is 15.7. The fourth-order valence-electron chi connectivity index (χ4n) is 1.96. The monoisotopic (exact) mass is 288 g/mol. The van der Waals surface area contributed by atoms with Gasteiger partial charge in [-0.05, 0) is 23.8 Å². The number of hydrogen-bond donors (Lipinski definition) is 1. The summed E-state index contributed by atoms with van der Waals surface area (Å²) in [7, 11) is 1.67. The first-order valence-electron chi connectivity index (χ1n) is 7.19. The first kappa shape index (κ1) is 17.2. The molecule has 1 atom stereocenters. The highest BCUT2D eigenvalue weighted by Crippen LogP contribution is 2.19. The molecule has 0 aliphatic carbocycles. The third-order valence-corrected chi connectivity index (χ3v) is 3.48. The maximum absolute atomic E-state index is 12.1. The molecule has 0 saturated heterocycles. The molecule has 0 aromatic heterocycles. The van der Waals surface area contributed by atoms with Crippen molar-refractivity contribution in [2.45, 2.75) is 26.7 Å². The van der Waals surface area contributed by atoms with E-state index in [0.29, 0.717) is 19.6 Å². The molecule has 0 radical (unpaired) electrons. The molecule has 0 saturated carbocycles. The Morgan fingerprint density at radius 3 is 2.62 bits per heavy atom. The summed E-state index contributed by atoms with van der Waals surface area (Å²) in [6.07, 6.45) is 1.31. The number of nitrogens with one attached hydrogen (secondary N) is 1. The molecule has 0 aliphatic rings. The molecule has 4 nitrogen and oxygen atoms in total. The van der Waals surface area contributed by atoms with Crippen molar-refractivity contribution in [2.75, 3.05) is 20.3 Å². The third kappa shape index (κ3) is 6.42. The summed E-state index contributed by atoms with van der Waals surface area (Å²) in [5.41, 5.74) is 0.955. The van der Waals surface area contributed by atoms with Gasteiger partial charge in [0.15, 0.2) is 0 Å². The predicted molar refractivity (Wildman–Crippen MR) is 82.5 cm³/mol. The maximum Gasteiger partial charge on any atom is 0.237 e. The first-order chi connectivity index (χ1) is 9.98. The number of hydrogen-bond acceptors (Lipinski definition) is 3. The molecule has 1 rings (SSSR count). The average molecular weight is 288 g/mol. The summed E-state index contributed by atoms with van der Waals surface area (Å²) in [5.74, 6) is -0.850. The first-order valence-corrected chi connectivity index (χ1v) is 7.19. The van der Waals surface area contributed by atoms with Crippen LogP contribution >= 0.6 is 0 Å². The van der Waals surface area contributed by atoms with Gasteiger partial charge in [0, 0.05) is 20.3 Å². The molecule has 0 heterocycles. The zero-order valence-corrected chi connectivity index (χ0v) is 13.1. The van der Waals surface area contributed by atoms with E-state index < -0.39 is 5.92 Å². The number of ether oxygens (including phenoxy) is 1. The second kappa shape index (κ2) is 8.43. The minimum atomic E-state index is -0.648. The second-order valence-electron chi connectivity index (χ2n) is 6.00. The minimum absolute atomic E-state index is 0.0432. The molecule has 1 unspecified atom stereocenters. The molecular weight excluding hydrogens is 264 g/mol. The van der Waals surface area contributed by atoms with Gasteiger partial charge in [-0.15, -0.1) is 0 Å². The van der Waals surface area contributed by atoms with Crippen LogP contribution < -0.4 is 5.32 Å². The standard InChI is InChI=1S/C17H24N2O2/c1-17(2,9-10-21-3)13-19-16(20)15(12-18)11-14-7-5-4-6-8-14/h4-8,15H,9-11,13H2,1-3H3,(H,19,20). The van der Waals surface area contributed by atoms with Gasteiger partial charge in [-0.25, -0.2) is 0 Å². The van der Waals surface area contributed by atoms with Crippen LogP contribution in [0.15, 0.2) is 30.3 Å².